The zero-order valence-electron chi connectivity index (χ0n) is 15.4. The first-order chi connectivity index (χ1) is 13.1. The van der Waals surface area contributed by atoms with E-state index >= 15 is 0 Å². The number of aromatic nitrogens is 4. The van der Waals surface area contributed by atoms with Crippen LogP contribution in [-0.4, -0.2) is 45.2 Å². The lowest BCUT2D eigenvalue weighted by molar-refractivity contribution is 0.438. The zero-order chi connectivity index (χ0) is 18.4. The molecule has 0 aromatic carbocycles. The summed E-state index contributed by atoms with van der Waals surface area (Å²) in [5.74, 6) is 0.509. The molecule has 0 spiro atoms. The van der Waals surface area contributed by atoms with Crippen LogP contribution in [0.15, 0.2) is 18.6 Å². The van der Waals surface area contributed by atoms with Gasteiger partial charge in [-0.1, -0.05) is 19.3 Å². The Kier molecular flexibility index (Phi) is 4.20. The molecule has 27 heavy (non-hydrogen) atoms. The molecule has 144 valence electrons. The normalized spacial score (nSPS) is 20.1. The molecule has 3 aromatic heterocycles. The molecule has 8 heteroatoms. The van der Waals surface area contributed by atoms with Gasteiger partial charge >= 0.3 is 0 Å². The van der Waals surface area contributed by atoms with Gasteiger partial charge in [-0.05, 0) is 25.7 Å². The van der Waals surface area contributed by atoms with E-state index in [0.29, 0.717) is 24.7 Å². The van der Waals surface area contributed by atoms with E-state index in [1.807, 2.05) is 4.40 Å². The van der Waals surface area contributed by atoms with Gasteiger partial charge in [0.25, 0.3) is 0 Å². The summed E-state index contributed by atoms with van der Waals surface area (Å²) in [7, 11) is -3.30. The Labute approximate surface area is 158 Å². The zero-order valence-corrected chi connectivity index (χ0v) is 16.2. The number of hydrogen-bond donors (Lipinski definition) is 1. The lowest BCUT2D eigenvalue weighted by atomic mass is 9.87. The van der Waals surface area contributed by atoms with Crippen LogP contribution < -0.4 is 0 Å². The molecule has 0 bridgehead atoms. The van der Waals surface area contributed by atoms with Gasteiger partial charge in [-0.2, -0.15) is 0 Å². The van der Waals surface area contributed by atoms with Crippen molar-refractivity contribution in [2.45, 2.75) is 56.6 Å². The third-order valence-electron chi connectivity index (χ3n) is 6.03. The highest BCUT2D eigenvalue weighted by Gasteiger charge is 2.27. The average Bonchev–Trinajstić information content (AvgIpc) is 3.41. The van der Waals surface area contributed by atoms with Crippen molar-refractivity contribution < 1.29 is 8.42 Å². The monoisotopic (exact) mass is 387 g/mol. The molecule has 7 nitrogen and oxygen atoms in total. The van der Waals surface area contributed by atoms with Crippen molar-refractivity contribution in [1.29, 1.82) is 0 Å². The van der Waals surface area contributed by atoms with Gasteiger partial charge in [-0.3, -0.25) is 4.40 Å². The summed E-state index contributed by atoms with van der Waals surface area (Å²) in [4.78, 5) is 12.4. The van der Waals surface area contributed by atoms with Crippen LogP contribution in [-0.2, 0) is 15.8 Å². The van der Waals surface area contributed by atoms with Crippen LogP contribution in [0.25, 0.3) is 16.8 Å². The van der Waals surface area contributed by atoms with Crippen molar-refractivity contribution in [2.75, 3.05) is 13.1 Å². The molecule has 1 saturated heterocycles. The maximum atomic E-state index is 12.8. The molecule has 0 atom stereocenters. The second-order valence-corrected chi connectivity index (χ2v) is 9.83. The molecule has 0 unspecified atom stereocenters. The van der Waals surface area contributed by atoms with Crippen molar-refractivity contribution >= 4 is 26.8 Å². The Morgan fingerprint density at radius 3 is 2.67 bits per heavy atom. The van der Waals surface area contributed by atoms with E-state index in [0.717, 1.165) is 35.3 Å². The van der Waals surface area contributed by atoms with Gasteiger partial charge in [0.1, 0.15) is 0 Å². The fraction of sp³-hybridized carbons (Fsp3) is 0.579. The minimum Gasteiger partial charge on any atom is -0.345 e. The Hall–Kier alpha value is -1.93. The Balaban J connectivity index is 1.56. The van der Waals surface area contributed by atoms with Gasteiger partial charge in [-0.15, -0.1) is 0 Å². The highest BCUT2D eigenvalue weighted by atomic mass is 32.2. The number of hydrogen-bond acceptors (Lipinski definition) is 4. The molecular weight excluding hydrogens is 362 g/mol. The van der Waals surface area contributed by atoms with Gasteiger partial charge < -0.3 is 4.98 Å². The van der Waals surface area contributed by atoms with Gasteiger partial charge in [-0.25, -0.2) is 22.7 Å². The molecule has 0 amide bonds. The predicted octanol–water partition coefficient (Wildman–Crippen LogP) is 3.18. The maximum Gasteiger partial charge on any atom is 0.218 e. The van der Waals surface area contributed by atoms with E-state index < -0.39 is 10.0 Å². The number of rotatable bonds is 4. The lowest BCUT2D eigenvalue weighted by Gasteiger charge is -2.19. The van der Waals surface area contributed by atoms with E-state index in [1.165, 1.54) is 32.1 Å². The molecular formula is C19H25N5O2S. The van der Waals surface area contributed by atoms with Crippen LogP contribution in [0.3, 0.4) is 0 Å². The molecule has 1 aliphatic carbocycles. The van der Waals surface area contributed by atoms with E-state index in [2.05, 4.69) is 16.2 Å². The largest absolute Gasteiger partial charge is 0.345 e. The molecule has 1 saturated carbocycles. The van der Waals surface area contributed by atoms with Crippen LogP contribution >= 0.6 is 0 Å². The van der Waals surface area contributed by atoms with Gasteiger partial charge in [0, 0.05) is 37.0 Å². The molecule has 5 rings (SSSR count). The first-order valence-corrected chi connectivity index (χ1v) is 11.5. The van der Waals surface area contributed by atoms with Crippen molar-refractivity contribution in [3.05, 3.63) is 29.8 Å². The van der Waals surface area contributed by atoms with E-state index in [4.69, 9.17) is 4.98 Å². The summed E-state index contributed by atoms with van der Waals surface area (Å²) < 4.78 is 29.2. The summed E-state index contributed by atoms with van der Waals surface area (Å²) in [5.41, 5.74) is 4.22. The fourth-order valence-corrected chi connectivity index (χ4v) is 6.19. The summed E-state index contributed by atoms with van der Waals surface area (Å²) in [6, 6.07) is 0. The van der Waals surface area contributed by atoms with Crippen molar-refractivity contribution in [2.24, 2.45) is 0 Å². The molecule has 3 aromatic rings. The molecule has 1 N–H and O–H groups in total. The number of aromatic amines is 1. The van der Waals surface area contributed by atoms with Crippen LogP contribution in [0.1, 0.15) is 62.1 Å². The average molecular weight is 388 g/mol. The van der Waals surface area contributed by atoms with Crippen LogP contribution in [0.4, 0.5) is 0 Å². The fourth-order valence-electron chi connectivity index (χ4n) is 4.58. The third kappa shape index (κ3) is 3.04. The predicted molar refractivity (Wildman–Crippen MR) is 104 cm³/mol. The van der Waals surface area contributed by atoms with Gasteiger partial charge in [0.15, 0.2) is 11.3 Å². The number of sulfonamides is 1. The number of imidazole rings is 1. The highest BCUT2D eigenvalue weighted by molar-refractivity contribution is 7.88. The quantitative estimate of drug-likeness (QED) is 0.745. The minimum atomic E-state index is -3.30. The number of nitrogens with zero attached hydrogens (tertiary/aromatic N) is 4. The van der Waals surface area contributed by atoms with Crippen molar-refractivity contribution in [3.8, 4) is 0 Å². The summed E-state index contributed by atoms with van der Waals surface area (Å²) in [6.07, 6.45) is 13.7. The Morgan fingerprint density at radius 1 is 1.11 bits per heavy atom. The van der Waals surface area contributed by atoms with E-state index in [9.17, 15) is 8.42 Å². The third-order valence-corrected chi connectivity index (χ3v) is 7.86. The highest BCUT2D eigenvalue weighted by Crippen LogP contribution is 2.33. The molecule has 0 radical (unpaired) electrons. The first kappa shape index (κ1) is 17.2. The molecule has 4 heterocycles. The molecule has 2 fully saturated rings. The summed E-state index contributed by atoms with van der Waals surface area (Å²) in [5, 5.41) is 0. The molecule has 2 aliphatic rings. The first-order valence-electron chi connectivity index (χ1n) is 9.93. The SMILES string of the molecule is O=S(=O)(Cc1c[nH]c2ncc3nc(C4CCCCC4)cn3c12)N1CCCC1. The standard InChI is InChI=1S/C19H25N5O2S/c25-27(26,23-8-4-5-9-23)13-15-10-20-19-18(15)24-12-16(22-17(24)11-21-19)14-6-2-1-3-7-14/h10-12,14,20H,1-9,13H2. The number of nitrogens with one attached hydrogen (secondary N) is 1. The Bertz CT molecular complexity index is 1070. The second-order valence-electron chi connectivity index (χ2n) is 7.86. The van der Waals surface area contributed by atoms with E-state index in [-0.39, 0.29) is 5.75 Å². The van der Waals surface area contributed by atoms with Crippen LogP contribution in [0.5, 0.6) is 0 Å². The van der Waals surface area contributed by atoms with Crippen molar-refractivity contribution in [1.82, 2.24) is 23.7 Å². The second kappa shape index (κ2) is 6.60. The smallest absolute Gasteiger partial charge is 0.218 e. The van der Waals surface area contributed by atoms with Crippen LogP contribution in [0, 0.1) is 0 Å². The summed E-state index contributed by atoms with van der Waals surface area (Å²) >= 11 is 0. The topological polar surface area (TPSA) is 83.4 Å². The number of H-pyrrole nitrogens is 1. The lowest BCUT2D eigenvalue weighted by Crippen LogP contribution is -2.29. The Morgan fingerprint density at radius 2 is 1.89 bits per heavy atom. The van der Waals surface area contributed by atoms with Crippen molar-refractivity contribution in [3.63, 3.8) is 0 Å². The number of fused-ring (bicyclic) bond motifs is 3. The van der Waals surface area contributed by atoms with Gasteiger partial charge in [0.2, 0.25) is 10.0 Å². The van der Waals surface area contributed by atoms with Crippen LogP contribution in [0.2, 0.25) is 0 Å². The van der Waals surface area contributed by atoms with E-state index in [1.54, 1.807) is 16.7 Å². The van der Waals surface area contributed by atoms with Gasteiger partial charge in [0.05, 0.1) is 23.2 Å². The molecule has 1 aliphatic heterocycles. The minimum absolute atomic E-state index is 0.00470. The summed E-state index contributed by atoms with van der Waals surface area (Å²) in [6.45, 7) is 1.27. The maximum absolute atomic E-state index is 12.8.